The van der Waals surface area contributed by atoms with E-state index in [4.69, 9.17) is 18.6 Å². The summed E-state index contributed by atoms with van der Waals surface area (Å²) in [6, 6.07) is 18.2. The molecule has 0 bridgehead atoms. The molecule has 0 aliphatic carbocycles. The van der Waals surface area contributed by atoms with Crippen molar-refractivity contribution < 1.29 is 28.2 Å². The normalized spacial score (nSPS) is 15.6. The molecule has 1 aliphatic heterocycles. The topological polar surface area (TPSA) is 87.9 Å². The van der Waals surface area contributed by atoms with Crippen molar-refractivity contribution in [2.24, 2.45) is 0 Å². The van der Waals surface area contributed by atoms with Gasteiger partial charge in [0.25, 0.3) is 0 Å². The third-order valence-corrected chi connectivity index (χ3v) is 4.46. The number of nitrogens with zero attached hydrogens (tertiary/aromatic N) is 1. The Balaban J connectivity index is 1.51. The summed E-state index contributed by atoms with van der Waals surface area (Å²) >= 11 is 0. The van der Waals surface area contributed by atoms with Gasteiger partial charge in [-0.15, -0.1) is 0 Å². The summed E-state index contributed by atoms with van der Waals surface area (Å²) in [6.07, 6.45) is -0.0629. The monoisotopic (exact) mass is 393 g/mol. The molecule has 0 atom stereocenters. The number of ether oxygens (including phenoxy) is 3. The number of carbonyl (C=O) groups is 2. The van der Waals surface area contributed by atoms with Crippen LogP contribution in [-0.4, -0.2) is 23.5 Å². The van der Waals surface area contributed by atoms with E-state index in [9.17, 15) is 9.59 Å². The van der Waals surface area contributed by atoms with Gasteiger partial charge < -0.3 is 18.6 Å². The summed E-state index contributed by atoms with van der Waals surface area (Å²) in [6.45, 7) is 1.92. The van der Waals surface area contributed by atoms with Crippen molar-refractivity contribution in [1.82, 2.24) is 4.98 Å². The van der Waals surface area contributed by atoms with Crippen LogP contribution in [0.15, 0.2) is 65.1 Å². The maximum atomic E-state index is 11.9. The largest absolute Gasteiger partial charge is 0.441 e. The zero-order chi connectivity index (χ0) is 20.3. The second kappa shape index (κ2) is 7.89. The summed E-state index contributed by atoms with van der Waals surface area (Å²) < 4.78 is 22.2. The van der Waals surface area contributed by atoms with Crippen LogP contribution in [-0.2, 0) is 36.2 Å². The lowest BCUT2D eigenvalue weighted by Crippen LogP contribution is -2.45. The fourth-order valence-electron chi connectivity index (χ4n) is 3.06. The molecule has 4 rings (SSSR count). The molecule has 1 fully saturated rings. The Morgan fingerprint density at radius 1 is 0.966 bits per heavy atom. The molecule has 1 aliphatic rings. The zero-order valence-corrected chi connectivity index (χ0v) is 15.8. The lowest BCUT2D eigenvalue weighted by molar-refractivity contribution is -0.365. The van der Waals surface area contributed by atoms with Crippen molar-refractivity contribution in [3.63, 3.8) is 0 Å². The van der Waals surface area contributed by atoms with Gasteiger partial charge in [-0.2, -0.15) is 0 Å². The van der Waals surface area contributed by atoms with Gasteiger partial charge in [-0.25, -0.2) is 4.98 Å². The summed E-state index contributed by atoms with van der Waals surface area (Å²) in [7, 11) is 0. The van der Waals surface area contributed by atoms with Gasteiger partial charge >= 0.3 is 17.9 Å². The van der Waals surface area contributed by atoms with Crippen LogP contribution < -0.4 is 0 Å². The third-order valence-electron chi connectivity index (χ3n) is 4.46. The highest BCUT2D eigenvalue weighted by molar-refractivity contribution is 5.93. The Morgan fingerprint density at radius 2 is 1.59 bits per heavy atom. The second-order valence-electron chi connectivity index (χ2n) is 6.53. The van der Waals surface area contributed by atoms with Gasteiger partial charge in [0.15, 0.2) is 0 Å². The first-order valence-corrected chi connectivity index (χ1v) is 9.21. The number of rotatable bonds is 6. The minimum absolute atomic E-state index is 0.0943. The molecule has 2 heterocycles. The molecular formula is C22H19NO6. The number of cyclic esters (lactones) is 2. The van der Waals surface area contributed by atoms with Gasteiger partial charge in [-0.05, 0) is 31.2 Å². The molecule has 148 valence electrons. The van der Waals surface area contributed by atoms with E-state index in [2.05, 4.69) is 4.98 Å². The second-order valence-corrected chi connectivity index (χ2v) is 6.53. The van der Waals surface area contributed by atoms with Gasteiger partial charge in [-0.3, -0.25) is 9.59 Å². The van der Waals surface area contributed by atoms with Crippen molar-refractivity contribution >= 4 is 11.9 Å². The SMILES string of the molecule is Cc1oc(-c2ccccc2)nc1CCOC1(c2ccccc2)OC(=O)CC(=O)O1. The van der Waals surface area contributed by atoms with Crippen molar-refractivity contribution in [2.45, 2.75) is 25.7 Å². The third kappa shape index (κ3) is 4.05. The molecule has 0 N–H and O–H groups in total. The van der Waals surface area contributed by atoms with E-state index in [1.807, 2.05) is 37.3 Å². The van der Waals surface area contributed by atoms with Crippen LogP contribution in [0.25, 0.3) is 11.5 Å². The molecule has 0 radical (unpaired) electrons. The fraction of sp³-hybridized carbons (Fsp3) is 0.227. The molecule has 1 saturated heterocycles. The van der Waals surface area contributed by atoms with Crippen LogP contribution in [0.4, 0.5) is 0 Å². The summed E-state index contributed by atoms with van der Waals surface area (Å²) in [4.78, 5) is 28.3. The van der Waals surface area contributed by atoms with Crippen molar-refractivity contribution in [3.8, 4) is 11.5 Å². The molecular weight excluding hydrogens is 374 g/mol. The van der Waals surface area contributed by atoms with E-state index < -0.39 is 24.3 Å². The molecule has 0 amide bonds. The Bertz CT molecular complexity index is 996. The number of aryl methyl sites for hydroxylation is 1. The minimum Gasteiger partial charge on any atom is -0.441 e. The Labute approximate surface area is 167 Å². The number of esters is 2. The van der Waals surface area contributed by atoms with E-state index >= 15 is 0 Å². The fourth-order valence-corrected chi connectivity index (χ4v) is 3.06. The Kier molecular flexibility index (Phi) is 5.14. The number of oxazole rings is 1. The predicted molar refractivity (Wildman–Crippen MR) is 101 cm³/mol. The first kappa shape index (κ1) is 18.9. The molecule has 0 saturated carbocycles. The highest BCUT2D eigenvalue weighted by Gasteiger charge is 2.47. The summed E-state index contributed by atoms with van der Waals surface area (Å²) in [5, 5.41) is 0. The van der Waals surface area contributed by atoms with Gasteiger partial charge in [-0.1, -0.05) is 36.4 Å². The van der Waals surface area contributed by atoms with Gasteiger partial charge in [0.1, 0.15) is 12.2 Å². The summed E-state index contributed by atoms with van der Waals surface area (Å²) in [5.41, 5.74) is 2.00. The number of hydrogen-bond acceptors (Lipinski definition) is 7. The molecule has 29 heavy (non-hydrogen) atoms. The molecule has 3 aromatic rings. The number of carbonyl (C=O) groups excluding carboxylic acids is 2. The van der Waals surface area contributed by atoms with Gasteiger partial charge in [0, 0.05) is 12.0 Å². The lowest BCUT2D eigenvalue weighted by atomic mass is 10.1. The highest BCUT2D eigenvalue weighted by atomic mass is 16.9. The van der Waals surface area contributed by atoms with Crippen molar-refractivity contribution in [1.29, 1.82) is 0 Å². The van der Waals surface area contributed by atoms with E-state index in [1.54, 1.807) is 30.3 Å². The Hall–Kier alpha value is -3.45. The van der Waals surface area contributed by atoms with Crippen LogP contribution in [0.3, 0.4) is 0 Å². The predicted octanol–water partition coefficient (Wildman–Crippen LogP) is 3.51. The van der Waals surface area contributed by atoms with Gasteiger partial charge in [0.05, 0.1) is 17.9 Å². The minimum atomic E-state index is -1.90. The molecule has 2 aromatic carbocycles. The molecule has 0 unspecified atom stereocenters. The molecule has 1 aromatic heterocycles. The molecule has 7 nitrogen and oxygen atoms in total. The first-order chi connectivity index (χ1) is 14.1. The maximum absolute atomic E-state index is 11.9. The van der Waals surface area contributed by atoms with Crippen molar-refractivity contribution in [2.75, 3.05) is 6.61 Å². The average Bonchev–Trinajstić information content (AvgIpc) is 3.09. The van der Waals surface area contributed by atoms with Crippen LogP contribution in [0, 0.1) is 6.92 Å². The van der Waals surface area contributed by atoms with Crippen LogP contribution in [0.1, 0.15) is 23.4 Å². The lowest BCUT2D eigenvalue weighted by Gasteiger charge is -2.34. The summed E-state index contributed by atoms with van der Waals surface area (Å²) in [5.74, 6) is -2.11. The number of hydrogen-bond donors (Lipinski definition) is 0. The average molecular weight is 393 g/mol. The quantitative estimate of drug-likeness (QED) is 0.468. The smallest absolute Gasteiger partial charge is 0.405 e. The zero-order valence-electron chi connectivity index (χ0n) is 15.8. The van der Waals surface area contributed by atoms with E-state index in [1.165, 1.54) is 0 Å². The number of benzene rings is 2. The number of aromatic nitrogens is 1. The van der Waals surface area contributed by atoms with Crippen molar-refractivity contribution in [3.05, 3.63) is 77.7 Å². The van der Waals surface area contributed by atoms with E-state index in [0.717, 1.165) is 5.56 Å². The van der Waals surface area contributed by atoms with E-state index in [0.29, 0.717) is 29.3 Å². The molecule has 7 heteroatoms. The van der Waals surface area contributed by atoms with E-state index in [-0.39, 0.29) is 6.61 Å². The van der Waals surface area contributed by atoms with Crippen LogP contribution in [0.5, 0.6) is 0 Å². The Morgan fingerprint density at radius 3 is 2.24 bits per heavy atom. The standard InChI is InChI=1S/C22H19NO6/c1-15-18(23-21(27-15)16-8-4-2-5-9-16)12-13-26-22(17-10-6-3-7-11-17)28-19(24)14-20(25)29-22/h2-11H,12-14H2,1H3. The van der Waals surface area contributed by atoms with Gasteiger partial charge in [0.2, 0.25) is 5.89 Å². The van der Waals surface area contributed by atoms with Crippen LogP contribution in [0.2, 0.25) is 0 Å². The van der Waals surface area contributed by atoms with Crippen LogP contribution >= 0.6 is 0 Å². The maximum Gasteiger partial charge on any atom is 0.405 e. The first-order valence-electron chi connectivity index (χ1n) is 9.21. The highest BCUT2D eigenvalue weighted by Crippen LogP contribution is 2.33. The molecule has 0 spiro atoms.